The Morgan fingerprint density at radius 3 is 2.63 bits per heavy atom. The molecule has 0 radical (unpaired) electrons. The van der Waals surface area contributed by atoms with Crippen molar-refractivity contribution in [1.82, 2.24) is 24.9 Å². The zero-order valence-electron chi connectivity index (χ0n) is 16.1. The topological polar surface area (TPSA) is 75.1 Å². The van der Waals surface area contributed by atoms with Gasteiger partial charge in [0.2, 0.25) is 5.82 Å². The highest BCUT2D eigenvalue weighted by atomic mass is 19.4. The molecular weight excluding hydrogens is 397 g/mol. The van der Waals surface area contributed by atoms with Crippen LogP contribution < -0.4 is 10.9 Å². The van der Waals surface area contributed by atoms with Crippen LogP contribution in [0.15, 0.2) is 30.3 Å². The van der Waals surface area contributed by atoms with Crippen LogP contribution in [0.5, 0.6) is 0 Å². The van der Waals surface area contributed by atoms with Crippen LogP contribution >= 0.6 is 0 Å². The van der Waals surface area contributed by atoms with Crippen LogP contribution in [-0.2, 0) is 6.18 Å². The summed E-state index contributed by atoms with van der Waals surface area (Å²) in [5, 5.41) is 0. The first kappa shape index (κ1) is 18.9. The predicted molar refractivity (Wildman–Crippen MR) is 104 cm³/mol. The number of carbonyl (C=O) groups is 1. The number of nitrogens with one attached hydrogen (secondary N) is 2. The Kier molecular flexibility index (Phi) is 4.21. The van der Waals surface area contributed by atoms with E-state index < -0.39 is 11.9 Å². The molecule has 10 heteroatoms. The minimum absolute atomic E-state index is 0.00571. The van der Waals surface area contributed by atoms with Crippen molar-refractivity contribution in [2.45, 2.75) is 32.0 Å². The Morgan fingerprint density at radius 2 is 1.90 bits per heavy atom. The Hall–Kier alpha value is -3.14. The Balaban J connectivity index is 1.73. The fourth-order valence-corrected chi connectivity index (χ4v) is 3.99. The first-order valence-electron chi connectivity index (χ1n) is 9.75. The Bertz CT molecular complexity index is 1150. The molecule has 7 nitrogen and oxygen atoms in total. The van der Waals surface area contributed by atoms with Crippen molar-refractivity contribution in [3.05, 3.63) is 47.4 Å². The van der Waals surface area contributed by atoms with Gasteiger partial charge in [-0.05, 0) is 55.7 Å². The molecule has 2 aromatic heterocycles. The monoisotopic (exact) mass is 416 g/mol. The summed E-state index contributed by atoms with van der Waals surface area (Å²) in [6, 6.07) is 7.58. The van der Waals surface area contributed by atoms with Crippen LogP contribution in [-0.4, -0.2) is 38.4 Å². The van der Waals surface area contributed by atoms with E-state index in [-0.39, 0.29) is 28.9 Å². The molecule has 0 aliphatic carbocycles. The highest BCUT2D eigenvalue weighted by Crippen LogP contribution is 2.33. The number of likely N-dealkylation sites (tertiary alicyclic amines) is 1. The Morgan fingerprint density at radius 1 is 1.13 bits per heavy atom. The van der Waals surface area contributed by atoms with Gasteiger partial charge in [-0.3, -0.25) is 9.36 Å². The molecule has 1 fully saturated rings. The normalized spacial score (nSPS) is 18.7. The second-order valence-electron chi connectivity index (χ2n) is 7.57. The van der Waals surface area contributed by atoms with Crippen LogP contribution in [0.2, 0.25) is 0 Å². The summed E-state index contributed by atoms with van der Waals surface area (Å²) >= 11 is 0. The summed E-state index contributed by atoms with van der Waals surface area (Å²) in [6.07, 6.45) is -2.80. The van der Waals surface area contributed by atoms with E-state index in [4.69, 9.17) is 0 Å². The van der Waals surface area contributed by atoms with Crippen molar-refractivity contribution in [3.63, 3.8) is 0 Å². The molecule has 1 saturated heterocycles. The number of hydrogen-bond donors (Lipinski definition) is 2. The number of rotatable bonds is 2. The van der Waals surface area contributed by atoms with Crippen LogP contribution in [0.1, 0.15) is 47.7 Å². The van der Waals surface area contributed by atoms with E-state index in [9.17, 15) is 18.0 Å². The molecule has 2 aliphatic rings. The summed E-state index contributed by atoms with van der Waals surface area (Å²) in [5.74, 6) is -0.228. The van der Waals surface area contributed by atoms with Crippen molar-refractivity contribution in [2.24, 2.45) is 0 Å². The average molecular weight is 416 g/mol. The molecule has 1 atom stereocenters. The number of amides is 1. The second kappa shape index (κ2) is 6.69. The summed E-state index contributed by atoms with van der Waals surface area (Å²) in [7, 11) is 0. The number of pyridine rings is 1. The molecule has 0 spiro atoms. The number of benzene rings is 1. The minimum Gasteiger partial charge on any atom is -0.336 e. The van der Waals surface area contributed by atoms with E-state index in [1.807, 2.05) is 19.1 Å². The minimum atomic E-state index is -4.59. The van der Waals surface area contributed by atoms with Crippen molar-refractivity contribution >= 4 is 22.8 Å². The Labute approximate surface area is 169 Å². The highest BCUT2D eigenvalue weighted by molar-refractivity contribution is 5.95. The highest BCUT2D eigenvalue weighted by Gasteiger charge is 2.34. The lowest BCUT2D eigenvalue weighted by molar-refractivity contribution is -0.141. The maximum absolute atomic E-state index is 13.3. The van der Waals surface area contributed by atoms with E-state index in [0.717, 1.165) is 30.2 Å². The molecule has 3 aromatic rings. The van der Waals surface area contributed by atoms with Gasteiger partial charge in [0.1, 0.15) is 11.2 Å². The fraction of sp³-hybridized carbons (Fsp3) is 0.350. The number of alkyl halides is 3. The summed E-state index contributed by atoms with van der Waals surface area (Å²) in [4.78, 5) is 23.1. The van der Waals surface area contributed by atoms with Gasteiger partial charge in [-0.1, -0.05) is 0 Å². The van der Waals surface area contributed by atoms with Gasteiger partial charge in [0, 0.05) is 18.8 Å². The third-order valence-electron chi connectivity index (χ3n) is 5.56. The standard InChI is InChI=1S/C20H19F3N6O/c1-11-13-10-12(4-5-14(13)27-26-11)29-17-15(6-7-16(25-17)20(21,22)23)24-18(29)19(30)28-8-2-3-9-28/h4-7,10-11,26-27H,2-3,8-9H2,1H3. The maximum Gasteiger partial charge on any atom is 0.433 e. The van der Waals surface area contributed by atoms with Gasteiger partial charge in [0.05, 0.1) is 11.7 Å². The maximum atomic E-state index is 13.3. The van der Waals surface area contributed by atoms with Gasteiger partial charge >= 0.3 is 6.18 Å². The summed E-state index contributed by atoms with van der Waals surface area (Å²) in [5.41, 5.74) is 7.76. The number of halogens is 3. The molecule has 2 N–H and O–H groups in total. The molecule has 4 heterocycles. The number of carbonyl (C=O) groups excluding carboxylic acids is 1. The van der Waals surface area contributed by atoms with Crippen molar-refractivity contribution in [3.8, 4) is 5.69 Å². The number of hydrazine groups is 1. The van der Waals surface area contributed by atoms with Gasteiger partial charge in [-0.2, -0.15) is 13.2 Å². The number of aromatic nitrogens is 3. The van der Waals surface area contributed by atoms with Gasteiger partial charge in [0.25, 0.3) is 5.91 Å². The third kappa shape index (κ3) is 2.98. The molecule has 0 saturated carbocycles. The zero-order valence-corrected chi connectivity index (χ0v) is 16.1. The van der Waals surface area contributed by atoms with Crippen molar-refractivity contribution < 1.29 is 18.0 Å². The van der Waals surface area contributed by atoms with Crippen molar-refractivity contribution in [1.29, 1.82) is 0 Å². The van der Waals surface area contributed by atoms with E-state index in [1.165, 1.54) is 10.6 Å². The third-order valence-corrected chi connectivity index (χ3v) is 5.56. The molecule has 1 amide bonds. The molecule has 0 bridgehead atoms. The molecule has 1 aromatic carbocycles. The smallest absolute Gasteiger partial charge is 0.336 e. The van der Waals surface area contributed by atoms with E-state index in [2.05, 4.69) is 20.8 Å². The first-order valence-corrected chi connectivity index (χ1v) is 9.75. The predicted octanol–water partition coefficient (Wildman–Crippen LogP) is 3.67. The van der Waals surface area contributed by atoms with E-state index >= 15 is 0 Å². The zero-order chi connectivity index (χ0) is 21.0. The van der Waals surface area contributed by atoms with Gasteiger partial charge in [0.15, 0.2) is 5.65 Å². The lowest BCUT2D eigenvalue weighted by atomic mass is 10.1. The lowest BCUT2D eigenvalue weighted by Gasteiger charge is -2.16. The first-order chi connectivity index (χ1) is 14.3. The lowest BCUT2D eigenvalue weighted by Crippen LogP contribution is -2.30. The molecule has 30 heavy (non-hydrogen) atoms. The molecule has 5 rings (SSSR count). The summed E-state index contributed by atoms with van der Waals surface area (Å²) < 4.78 is 41.4. The summed E-state index contributed by atoms with van der Waals surface area (Å²) in [6.45, 7) is 3.18. The fourth-order valence-electron chi connectivity index (χ4n) is 3.99. The quantitative estimate of drug-likeness (QED) is 0.667. The van der Waals surface area contributed by atoms with Crippen LogP contribution in [0.3, 0.4) is 0 Å². The van der Waals surface area contributed by atoms with E-state index in [0.29, 0.717) is 18.8 Å². The molecule has 2 aliphatic heterocycles. The number of fused-ring (bicyclic) bond motifs is 2. The van der Waals surface area contributed by atoms with Crippen molar-refractivity contribution in [2.75, 3.05) is 18.5 Å². The number of hydrogen-bond acceptors (Lipinski definition) is 5. The van der Waals surface area contributed by atoms with Crippen LogP contribution in [0, 0.1) is 0 Å². The number of anilines is 1. The largest absolute Gasteiger partial charge is 0.433 e. The van der Waals surface area contributed by atoms with Gasteiger partial charge < -0.3 is 10.3 Å². The molecule has 156 valence electrons. The van der Waals surface area contributed by atoms with Gasteiger partial charge in [-0.25, -0.2) is 15.4 Å². The van der Waals surface area contributed by atoms with Crippen LogP contribution in [0.25, 0.3) is 16.9 Å². The van der Waals surface area contributed by atoms with Crippen LogP contribution in [0.4, 0.5) is 18.9 Å². The number of imidazole rings is 1. The molecule has 1 unspecified atom stereocenters. The molecular formula is C20H19F3N6O. The van der Waals surface area contributed by atoms with E-state index in [1.54, 1.807) is 11.0 Å². The van der Waals surface area contributed by atoms with Gasteiger partial charge in [-0.15, -0.1) is 0 Å². The SMILES string of the molecule is CC1NNc2ccc(-n3c(C(=O)N4CCCC4)nc4ccc(C(F)(F)F)nc43)cc21. The number of nitrogens with zero attached hydrogens (tertiary/aromatic N) is 4. The second-order valence-corrected chi connectivity index (χ2v) is 7.57. The average Bonchev–Trinajstić information content (AvgIpc) is 3.45.